The van der Waals surface area contributed by atoms with Gasteiger partial charge in [0.1, 0.15) is 0 Å². The SMILES string of the molecule is CC(CCN[C@H](C)C1CCCC1)c1ccccc1. The Morgan fingerprint density at radius 1 is 1.11 bits per heavy atom. The molecule has 1 aromatic rings. The van der Waals surface area contributed by atoms with Gasteiger partial charge in [0.15, 0.2) is 0 Å². The van der Waals surface area contributed by atoms with E-state index in [2.05, 4.69) is 49.5 Å². The summed E-state index contributed by atoms with van der Waals surface area (Å²) >= 11 is 0. The Balaban J connectivity index is 1.68. The van der Waals surface area contributed by atoms with Gasteiger partial charge in [0.25, 0.3) is 0 Å². The molecule has 18 heavy (non-hydrogen) atoms. The third-order valence-corrected chi connectivity index (χ3v) is 4.52. The summed E-state index contributed by atoms with van der Waals surface area (Å²) in [6.07, 6.45) is 6.99. The zero-order valence-electron chi connectivity index (χ0n) is 11.9. The molecule has 1 nitrogen and oxygen atoms in total. The highest BCUT2D eigenvalue weighted by atomic mass is 14.9. The van der Waals surface area contributed by atoms with E-state index < -0.39 is 0 Å². The first-order valence-electron chi connectivity index (χ1n) is 7.55. The van der Waals surface area contributed by atoms with E-state index in [0.717, 1.165) is 12.5 Å². The summed E-state index contributed by atoms with van der Waals surface area (Å²) in [5.74, 6) is 1.59. The zero-order chi connectivity index (χ0) is 12.8. The van der Waals surface area contributed by atoms with Gasteiger partial charge in [0, 0.05) is 6.04 Å². The van der Waals surface area contributed by atoms with E-state index in [1.54, 1.807) is 0 Å². The van der Waals surface area contributed by atoms with Crippen molar-refractivity contribution in [2.75, 3.05) is 6.54 Å². The van der Waals surface area contributed by atoms with Crippen LogP contribution in [0.4, 0.5) is 0 Å². The van der Waals surface area contributed by atoms with Crippen LogP contribution in [0.15, 0.2) is 30.3 Å². The summed E-state index contributed by atoms with van der Waals surface area (Å²) < 4.78 is 0. The second kappa shape index (κ2) is 6.94. The Kier molecular flexibility index (Phi) is 5.25. The Morgan fingerprint density at radius 3 is 2.44 bits per heavy atom. The van der Waals surface area contributed by atoms with Gasteiger partial charge in [-0.25, -0.2) is 0 Å². The maximum absolute atomic E-state index is 3.73. The van der Waals surface area contributed by atoms with Crippen molar-refractivity contribution in [1.29, 1.82) is 0 Å². The fourth-order valence-corrected chi connectivity index (χ4v) is 3.10. The molecule has 0 aromatic heterocycles. The van der Waals surface area contributed by atoms with Gasteiger partial charge in [-0.1, -0.05) is 50.1 Å². The smallest absolute Gasteiger partial charge is 0.00670 e. The van der Waals surface area contributed by atoms with Gasteiger partial charge in [0.2, 0.25) is 0 Å². The van der Waals surface area contributed by atoms with Gasteiger partial charge in [0.05, 0.1) is 0 Å². The molecular formula is C17H27N. The Labute approximate surface area is 112 Å². The molecular weight excluding hydrogens is 218 g/mol. The average molecular weight is 245 g/mol. The molecule has 0 radical (unpaired) electrons. The van der Waals surface area contributed by atoms with Crippen LogP contribution < -0.4 is 5.32 Å². The van der Waals surface area contributed by atoms with Crippen LogP contribution in [0.2, 0.25) is 0 Å². The normalized spacial score (nSPS) is 19.9. The molecule has 1 N–H and O–H groups in total. The van der Waals surface area contributed by atoms with E-state index in [1.807, 2.05) is 0 Å². The summed E-state index contributed by atoms with van der Waals surface area (Å²) in [5, 5.41) is 3.73. The Morgan fingerprint density at radius 2 is 1.78 bits per heavy atom. The molecule has 1 saturated carbocycles. The largest absolute Gasteiger partial charge is 0.314 e. The van der Waals surface area contributed by atoms with Gasteiger partial charge in [-0.3, -0.25) is 0 Å². The van der Waals surface area contributed by atoms with Crippen LogP contribution in [0.25, 0.3) is 0 Å². The second-order valence-electron chi connectivity index (χ2n) is 5.89. The summed E-state index contributed by atoms with van der Waals surface area (Å²) in [7, 11) is 0. The highest BCUT2D eigenvalue weighted by Crippen LogP contribution is 2.27. The van der Waals surface area contributed by atoms with Crippen molar-refractivity contribution >= 4 is 0 Å². The molecule has 1 aromatic carbocycles. The number of benzene rings is 1. The fourth-order valence-electron chi connectivity index (χ4n) is 3.10. The van der Waals surface area contributed by atoms with Crippen molar-refractivity contribution in [3.63, 3.8) is 0 Å². The number of rotatable bonds is 6. The van der Waals surface area contributed by atoms with Crippen LogP contribution in [-0.4, -0.2) is 12.6 Å². The summed E-state index contributed by atoms with van der Waals surface area (Å²) in [6.45, 7) is 5.84. The average Bonchev–Trinajstić information content (AvgIpc) is 2.93. The first-order valence-corrected chi connectivity index (χ1v) is 7.55. The summed E-state index contributed by atoms with van der Waals surface area (Å²) in [5.41, 5.74) is 1.47. The molecule has 2 atom stereocenters. The van der Waals surface area contributed by atoms with Crippen molar-refractivity contribution in [3.8, 4) is 0 Å². The monoisotopic (exact) mass is 245 g/mol. The molecule has 1 fully saturated rings. The van der Waals surface area contributed by atoms with Gasteiger partial charge in [-0.15, -0.1) is 0 Å². The molecule has 0 aliphatic heterocycles. The first-order chi connectivity index (χ1) is 8.77. The third kappa shape index (κ3) is 3.84. The first kappa shape index (κ1) is 13.6. The van der Waals surface area contributed by atoms with Crippen LogP contribution in [0.3, 0.4) is 0 Å². The standard InChI is InChI=1S/C17H27N/c1-14(16-8-4-3-5-9-16)12-13-18-15(2)17-10-6-7-11-17/h3-5,8-9,14-15,17-18H,6-7,10-13H2,1-2H3/t14?,15-/m1/s1. The van der Waals surface area contributed by atoms with Crippen LogP contribution in [0.1, 0.15) is 57.4 Å². The maximum atomic E-state index is 3.73. The zero-order valence-corrected chi connectivity index (χ0v) is 11.9. The Bertz CT molecular complexity index is 327. The van der Waals surface area contributed by atoms with Crippen molar-refractivity contribution in [2.24, 2.45) is 5.92 Å². The minimum atomic E-state index is 0.662. The molecule has 1 heteroatoms. The number of nitrogens with one attached hydrogen (secondary N) is 1. The van der Waals surface area contributed by atoms with Crippen LogP contribution in [0, 0.1) is 5.92 Å². The second-order valence-corrected chi connectivity index (χ2v) is 5.89. The minimum Gasteiger partial charge on any atom is -0.314 e. The molecule has 1 aliphatic rings. The number of hydrogen-bond acceptors (Lipinski definition) is 1. The van der Waals surface area contributed by atoms with Gasteiger partial charge < -0.3 is 5.32 Å². The molecule has 0 heterocycles. The van der Waals surface area contributed by atoms with Crippen LogP contribution in [-0.2, 0) is 0 Å². The quantitative estimate of drug-likeness (QED) is 0.785. The van der Waals surface area contributed by atoms with E-state index in [9.17, 15) is 0 Å². The van der Waals surface area contributed by atoms with E-state index >= 15 is 0 Å². The van der Waals surface area contributed by atoms with Gasteiger partial charge in [-0.05, 0) is 50.1 Å². The molecule has 0 amide bonds. The van der Waals surface area contributed by atoms with Crippen molar-refractivity contribution in [3.05, 3.63) is 35.9 Å². The minimum absolute atomic E-state index is 0.662. The lowest BCUT2D eigenvalue weighted by Gasteiger charge is -2.21. The summed E-state index contributed by atoms with van der Waals surface area (Å²) in [4.78, 5) is 0. The molecule has 0 spiro atoms. The van der Waals surface area contributed by atoms with Crippen molar-refractivity contribution in [2.45, 2.75) is 57.9 Å². The molecule has 0 bridgehead atoms. The van der Waals surface area contributed by atoms with Gasteiger partial charge in [-0.2, -0.15) is 0 Å². The van der Waals surface area contributed by atoms with Crippen LogP contribution in [0.5, 0.6) is 0 Å². The predicted octanol–water partition coefficient (Wildman–Crippen LogP) is 4.35. The van der Waals surface area contributed by atoms with Crippen molar-refractivity contribution in [1.82, 2.24) is 5.32 Å². The molecule has 1 aliphatic carbocycles. The highest BCUT2D eigenvalue weighted by Gasteiger charge is 2.20. The molecule has 100 valence electrons. The third-order valence-electron chi connectivity index (χ3n) is 4.52. The van der Waals surface area contributed by atoms with Crippen molar-refractivity contribution < 1.29 is 0 Å². The van der Waals surface area contributed by atoms with Crippen LogP contribution >= 0.6 is 0 Å². The topological polar surface area (TPSA) is 12.0 Å². The summed E-state index contributed by atoms with van der Waals surface area (Å²) in [6, 6.07) is 11.6. The fraction of sp³-hybridized carbons (Fsp3) is 0.647. The van der Waals surface area contributed by atoms with E-state index in [-0.39, 0.29) is 0 Å². The Hall–Kier alpha value is -0.820. The molecule has 0 saturated heterocycles. The lowest BCUT2D eigenvalue weighted by molar-refractivity contribution is 0.376. The molecule has 2 rings (SSSR count). The molecule has 1 unspecified atom stereocenters. The number of hydrogen-bond donors (Lipinski definition) is 1. The lowest BCUT2D eigenvalue weighted by Crippen LogP contribution is -2.33. The maximum Gasteiger partial charge on any atom is 0.00670 e. The van der Waals surface area contributed by atoms with Gasteiger partial charge >= 0.3 is 0 Å². The van der Waals surface area contributed by atoms with E-state index in [1.165, 1.54) is 37.7 Å². The predicted molar refractivity (Wildman–Crippen MR) is 78.9 cm³/mol. The van der Waals surface area contributed by atoms with E-state index in [4.69, 9.17) is 0 Å². The van der Waals surface area contributed by atoms with E-state index in [0.29, 0.717) is 12.0 Å². The highest BCUT2D eigenvalue weighted by molar-refractivity contribution is 5.18. The lowest BCUT2D eigenvalue weighted by atomic mass is 9.96.